The molecule has 2 aromatic heterocycles. The van der Waals surface area contributed by atoms with Crippen LogP contribution in [0.4, 0.5) is 5.82 Å². The predicted octanol–water partition coefficient (Wildman–Crippen LogP) is 4.20. The van der Waals surface area contributed by atoms with Gasteiger partial charge in [0.15, 0.2) is 5.16 Å². The van der Waals surface area contributed by atoms with Crippen LogP contribution in [0.2, 0.25) is 0 Å². The number of nitrogens with zero attached hydrogens (tertiary/aromatic N) is 4. The molecule has 0 aliphatic rings. The number of carbonyl (C=O) groups excluding carboxylic acids is 1. The van der Waals surface area contributed by atoms with E-state index in [1.165, 1.54) is 11.8 Å². The van der Waals surface area contributed by atoms with Crippen molar-refractivity contribution in [3.63, 3.8) is 0 Å². The second-order valence-electron chi connectivity index (χ2n) is 9.18. The smallest absolute Gasteiger partial charge is 0.262 e. The topological polar surface area (TPSA) is 81.8 Å². The molecule has 0 spiro atoms. The average molecular weight is 442 g/mol. The van der Waals surface area contributed by atoms with Crippen molar-refractivity contribution in [3.8, 4) is 0 Å². The average Bonchev–Trinajstić information content (AvgIpc) is 3.06. The number of amides is 1. The van der Waals surface area contributed by atoms with Gasteiger partial charge in [0.1, 0.15) is 5.82 Å². The molecule has 8 heteroatoms. The first kappa shape index (κ1) is 23.1. The maximum absolute atomic E-state index is 13.0. The second kappa shape index (κ2) is 9.26. The van der Waals surface area contributed by atoms with Crippen LogP contribution in [0.1, 0.15) is 46.7 Å². The summed E-state index contributed by atoms with van der Waals surface area (Å²) in [5, 5.41) is 8.58. The molecule has 3 rings (SSSR count). The van der Waals surface area contributed by atoms with Gasteiger partial charge in [-0.2, -0.15) is 5.10 Å². The highest BCUT2D eigenvalue weighted by Gasteiger charge is 2.20. The van der Waals surface area contributed by atoms with E-state index < -0.39 is 0 Å². The normalized spacial score (nSPS) is 12.0. The molecule has 1 amide bonds. The largest absolute Gasteiger partial charge is 0.310 e. The molecule has 0 bridgehead atoms. The van der Waals surface area contributed by atoms with Gasteiger partial charge in [-0.15, -0.1) is 0 Å². The van der Waals surface area contributed by atoms with E-state index in [1.54, 1.807) is 15.3 Å². The van der Waals surface area contributed by atoms with Crippen molar-refractivity contribution in [2.24, 2.45) is 13.0 Å². The third kappa shape index (κ3) is 5.55. The number of nitrogens with one attached hydrogen (secondary N) is 1. The minimum atomic E-state index is -0.161. The standard InChI is InChI=1S/C23H31N5O2S/c1-15(2)11-12-28-21(30)16-9-7-8-10-17(16)24-22(28)31-14-20(29)25-19-13-18(23(3,4)5)26-27(19)6/h7-10,13,15H,11-12,14H2,1-6H3,(H,25,29). The number of thioether (sulfide) groups is 1. The van der Waals surface area contributed by atoms with E-state index in [-0.39, 0.29) is 22.6 Å². The molecular weight excluding hydrogens is 410 g/mol. The Morgan fingerprint density at radius 2 is 1.94 bits per heavy atom. The Kier molecular flexibility index (Phi) is 6.89. The van der Waals surface area contributed by atoms with Gasteiger partial charge >= 0.3 is 0 Å². The number of anilines is 1. The Morgan fingerprint density at radius 1 is 1.23 bits per heavy atom. The number of carbonyl (C=O) groups is 1. The van der Waals surface area contributed by atoms with E-state index >= 15 is 0 Å². The van der Waals surface area contributed by atoms with Crippen LogP contribution in [0.15, 0.2) is 40.3 Å². The number of benzene rings is 1. The van der Waals surface area contributed by atoms with Gasteiger partial charge in [0.25, 0.3) is 5.56 Å². The Bertz CT molecular complexity index is 1140. The number of aryl methyl sites for hydroxylation is 1. The van der Waals surface area contributed by atoms with Gasteiger partial charge in [-0.3, -0.25) is 18.8 Å². The molecule has 0 aliphatic heterocycles. The van der Waals surface area contributed by atoms with Crippen molar-refractivity contribution in [1.82, 2.24) is 19.3 Å². The van der Waals surface area contributed by atoms with Gasteiger partial charge in [0.2, 0.25) is 5.91 Å². The van der Waals surface area contributed by atoms with Crippen LogP contribution >= 0.6 is 11.8 Å². The molecule has 0 fully saturated rings. The van der Waals surface area contributed by atoms with Gasteiger partial charge in [0, 0.05) is 25.1 Å². The fraction of sp³-hybridized carbons (Fsp3) is 0.478. The summed E-state index contributed by atoms with van der Waals surface area (Å²) in [6.07, 6.45) is 0.865. The summed E-state index contributed by atoms with van der Waals surface area (Å²) in [5.74, 6) is 1.11. The molecule has 31 heavy (non-hydrogen) atoms. The summed E-state index contributed by atoms with van der Waals surface area (Å²) in [6, 6.07) is 9.24. The minimum Gasteiger partial charge on any atom is -0.310 e. The van der Waals surface area contributed by atoms with Gasteiger partial charge in [-0.1, -0.05) is 58.5 Å². The zero-order valence-corrected chi connectivity index (χ0v) is 19.9. The Morgan fingerprint density at radius 3 is 2.58 bits per heavy atom. The van der Waals surface area contributed by atoms with Crippen molar-refractivity contribution in [2.45, 2.75) is 58.2 Å². The first-order valence-corrected chi connectivity index (χ1v) is 11.5. The summed E-state index contributed by atoms with van der Waals surface area (Å²) < 4.78 is 3.37. The van der Waals surface area contributed by atoms with E-state index in [0.29, 0.717) is 34.3 Å². The number of hydrogen-bond acceptors (Lipinski definition) is 5. The highest BCUT2D eigenvalue weighted by molar-refractivity contribution is 7.99. The Balaban J connectivity index is 1.79. The summed E-state index contributed by atoms with van der Waals surface area (Å²) in [4.78, 5) is 30.3. The van der Waals surface area contributed by atoms with E-state index in [9.17, 15) is 9.59 Å². The maximum atomic E-state index is 13.0. The summed E-state index contributed by atoms with van der Waals surface area (Å²) in [6.45, 7) is 11.1. The van der Waals surface area contributed by atoms with E-state index in [0.717, 1.165) is 12.1 Å². The molecule has 166 valence electrons. The summed E-state index contributed by atoms with van der Waals surface area (Å²) in [5.41, 5.74) is 1.40. The molecule has 0 radical (unpaired) electrons. The number of fused-ring (bicyclic) bond motifs is 1. The highest BCUT2D eigenvalue weighted by Crippen LogP contribution is 2.24. The third-order valence-corrected chi connectivity index (χ3v) is 5.98. The molecule has 0 atom stereocenters. The van der Waals surface area contributed by atoms with Crippen LogP contribution < -0.4 is 10.9 Å². The Hall–Kier alpha value is -2.61. The third-order valence-electron chi connectivity index (χ3n) is 5.00. The lowest BCUT2D eigenvalue weighted by molar-refractivity contribution is -0.113. The van der Waals surface area contributed by atoms with Crippen LogP contribution in [0, 0.1) is 5.92 Å². The van der Waals surface area contributed by atoms with Gasteiger partial charge < -0.3 is 5.32 Å². The zero-order valence-electron chi connectivity index (χ0n) is 19.1. The van der Waals surface area contributed by atoms with Crippen molar-refractivity contribution < 1.29 is 4.79 Å². The number of hydrogen-bond donors (Lipinski definition) is 1. The summed E-state index contributed by atoms with van der Waals surface area (Å²) in [7, 11) is 1.81. The number of rotatable bonds is 7. The summed E-state index contributed by atoms with van der Waals surface area (Å²) >= 11 is 1.28. The van der Waals surface area contributed by atoms with Crippen LogP contribution in [-0.4, -0.2) is 31.0 Å². The lowest BCUT2D eigenvalue weighted by Gasteiger charge is -2.14. The highest BCUT2D eigenvalue weighted by atomic mass is 32.2. The second-order valence-corrected chi connectivity index (χ2v) is 10.1. The van der Waals surface area contributed by atoms with E-state index in [2.05, 4.69) is 50.0 Å². The van der Waals surface area contributed by atoms with Crippen LogP contribution in [-0.2, 0) is 23.8 Å². The molecule has 0 saturated heterocycles. The molecule has 0 unspecified atom stereocenters. The van der Waals surface area contributed by atoms with Gasteiger partial charge in [0.05, 0.1) is 22.3 Å². The zero-order chi connectivity index (χ0) is 22.8. The first-order chi connectivity index (χ1) is 14.6. The molecule has 3 aromatic rings. The van der Waals surface area contributed by atoms with Crippen LogP contribution in [0.3, 0.4) is 0 Å². The molecular formula is C23H31N5O2S. The fourth-order valence-electron chi connectivity index (χ4n) is 3.10. The van der Waals surface area contributed by atoms with Crippen molar-refractivity contribution in [2.75, 3.05) is 11.1 Å². The van der Waals surface area contributed by atoms with E-state index in [4.69, 9.17) is 0 Å². The lowest BCUT2D eigenvalue weighted by Crippen LogP contribution is -2.25. The minimum absolute atomic E-state index is 0.0596. The maximum Gasteiger partial charge on any atom is 0.262 e. The van der Waals surface area contributed by atoms with Gasteiger partial charge in [-0.05, 0) is 24.5 Å². The Labute approximate surface area is 187 Å². The van der Waals surface area contributed by atoms with E-state index in [1.807, 2.05) is 31.3 Å². The van der Waals surface area contributed by atoms with Crippen LogP contribution in [0.25, 0.3) is 10.9 Å². The SMILES string of the molecule is CC(C)CCn1c(SCC(=O)Nc2cc(C(C)(C)C)nn2C)nc2ccccc2c1=O. The van der Waals surface area contributed by atoms with Crippen molar-refractivity contribution in [1.29, 1.82) is 0 Å². The van der Waals surface area contributed by atoms with Crippen molar-refractivity contribution in [3.05, 3.63) is 46.4 Å². The quantitative estimate of drug-likeness (QED) is 0.439. The van der Waals surface area contributed by atoms with Crippen molar-refractivity contribution >= 4 is 34.4 Å². The number of para-hydroxylation sites is 1. The molecule has 1 N–H and O–H groups in total. The number of aromatic nitrogens is 4. The molecule has 2 heterocycles. The molecule has 1 aromatic carbocycles. The molecule has 0 saturated carbocycles. The van der Waals surface area contributed by atoms with Gasteiger partial charge in [-0.25, -0.2) is 4.98 Å². The predicted molar refractivity (Wildman–Crippen MR) is 127 cm³/mol. The lowest BCUT2D eigenvalue weighted by atomic mass is 9.92. The molecule has 0 aliphatic carbocycles. The monoisotopic (exact) mass is 441 g/mol. The van der Waals surface area contributed by atoms with Crippen LogP contribution in [0.5, 0.6) is 0 Å². The fourth-order valence-corrected chi connectivity index (χ4v) is 3.93. The first-order valence-electron chi connectivity index (χ1n) is 10.5. The molecule has 7 nitrogen and oxygen atoms in total.